The van der Waals surface area contributed by atoms with E-state index in [9.17, 15) is 27.0 Å². The van der Waals surface area contributed by atoms with E-state index in [-0.39, 0.29) is 12.0 Å². The molecule has 4 atom stereocenters. The number of rotatable bonds is 16. The molecule has 0 unspecified atom stereocenters. The first-order valence-corrected chi connectivity index (χ1v) is 15.8. The van der Waals surface area contributed by atoms with Crippen LogP contribution in [-0.4, -0.2) is 71.7 Å². The van der Waals surface area contributed by atoms with Crippen LogP contribution in [0, 0.1) is 22.7 Å². The van der Waals surface area contributed by atoms with E-state index >= 15 is 0 Å². The van der Waals surface area contributed by atoms with Crippen LogP contribution in [-0.2, 0) is 36.8 Å². The van der Waals surface area contributed by atoms with Crippen molar-refractivity contribution in [1.29, 1.82) is 0 Å². The maximum atomic E-state index is 14.6. The Morgan fingerprint density at radius 2 is 1.59 bits per heavy atom. The number of carbonyl (C=O) groups is 4. The molecule has 11 nitrogen and oxygen atoms in total. The molecule has 3 rings (SSSR count). The van der Waals surface area contributed by atoms with Crippen LogP contribution in [0.25, 0.3) is 11.3 Å². The van der Waals surface area contributed by atoms with Crippen molar-refractivity contribution < 1.29 is 57.1 Å². The largest absolute Gasteiger partial charge is 0.469 e. The number of aromatic nitrogens is 1. The van der Waals surface area contributed by atoms with Gasteiger partial charge in [0.05, 0.1) is 51.2 Å². The second-order valence-corrected chi connectivity index (χ2v) is 12.4. The van der Waals surface area contributed by atoms with E-state index in [1.807, 2.05) is 5.32 Å². The van der Waals surface area contributed by atoms with E-state index in [4.69, 9.17) is 20.6 Å². The van der Waals surface area contributed by atoms with E-state index in [0.717, 1.165) is 14.0 Å². The summed E-state index contributed by atoms with van der Waals surface area (Å²) >= 11 is 0. The van der Waals surface area contributed by atoms with Gasteiger partial charge in [-0.2, -0.15) is 0 Å². The SMILES string of the molecule is [2H]C([2H])([2H])OC(=O)C[C@H](C(=O)NN(C[C@H](O)[C@@H](CC(=O)[C@@H](NC(=O)OC)C(C)(C([2H])([2H])[2H])C([2H])([2H])[2H])Cc1ccccc1)C([2H])([2H])c1ccc(-c2ccccn2)cc1)C(C)(C([2H])([2H])[2H])C([2H])([2H])[2H]. The van der Waals surface area contributed by atoms with Crippen LogP contribution in [0.4, 0.5) is 4.79 Å². The Bertz CT molecular complexity index is 2160. The summed E-state index contributed by atoms with van der Waals surface area (Å²) in [6, 6.07) is 16.1. The summed E-state index contributed by atoms with van der Waals surface area (Å²) in [4.78, 5) is 58.9. The lowest BCUT2D eigenvalue weighted by atomic mass is 9.78. The van der Waals surface area contributed by atoms with Crippen molar-refractivity contribution >= 4 is 23.8 Å². The van der Waals surface area contributed by atoms with Crippen LogP contribution in [0.3, 0.4) is 0 Å². The summed E-state index contributed by atoms with van der Waals surface area (Å²) in [6.07, 6.45) is -4.55. The lowest BCUT2D eigenvalue weighted by Crippen LogP contribution is -2.52. The molecule has 0 saturated carbocycles. The zero-order valence-electron chi connectivity index (χ0n) is 45.4. The van der Waals surface area contributed by atoms with Crippen molar-refractivity contribution in [3.05, 3.63) is 90.1 Å². The summed E-state index contributed by atoms with van der Waals surface area (Å²) in [5.74, 6) is -8.59. The quantitative estimate of drug-likeness (QED) is 0.124. The van der Waals surface area contributed by atoms with E-state index in [1.54, 1.807) is 48.5 Å². The molecule has 2 aromatic carbocycles. The highest BCUT2D eigenvalue weighted by atomic mass is 16.5. The molecule has 11 heteroatoms. The number of pyridine rings is 1. The first kappa shape index (κ1) is 22.4. The Hall–Kier alpha value is -4.61. The third-order valence-electron chi connectivity index (χ3n) is 7.92. The number of aliphatic hydroxyl groups is 1. The topological polar surface area (TPSA) is 147 Å². The zero-order valence-corrected chi connectivity index (χ0v) is 28.4. The van der Waals surface area contributed by atoms with Gasteiger partial charge in [-0.25, -0.2) is 9.80 Å². The summed E-state index contributed by atoms with van der Waals surface area (Å²) in [5, 5.41) is 14.7. The Balaban J connectivity index is 2.30. The van der Waals surface area contributed by atoms with Gasteiger partial charge in [0.25, 0.3) is 0 Å². The van der Waals surface area contributed by atoms with E-state index in [1.165, 1.54) is 30.5 Å². The number of Topliss-reactive ketones (excluding diaryl/α,β-unsaturated/α-hetero) is 1. The molecule has 1 aromatic heterocycles. The van der Waals surface area contributed by atoms with Crippen molar-refractivity contribution in [2.45, 2.75) is 79.2 Å². The Morgan fingerprint density at radius 1 is 0.902 bits per heavy atom. The van der Waals surface area contributed by atoms with Crippen molar-refractivity contribution in [2.24, 2.45) is 22.7 Å². The number of alkyl carbamates (subject to hydrolysis) is 1. The second kappa shape index (κ2) is 18.6. The van der Waals surface area contributed by atoms with Gasteiger partial charge in [0.15, 0.2) is 5.78 Å². The first-order chi connectivity index (χ1) is 30.9. The number of nitrogens with zero attached hydrogens (tertiary/aromatic N) is 2. The molecule has 0 aliphatic carbocycles. The minimum Gasteiger partial charge on any atom is -0.469 e. The van der Waals surface area contributed by atoms with E-state index in [2.05, 4.69) is 19.9 Å². The van der Waals surface area contributed by atoms with Crippen LogP contribution < -0.4 is 10.7 Å². The highest BCUT2D eigenvalue weighted by Gasteiger charge is 2.37. The van der Waals surface area contributed by atoms with Crippen LogP contribution in [0.15, 0.2) is 79.0 Å². The molecule has 0 fully saturated rings. The number of carbonyl (C=O) groups excluding carboxylic acids is 4. The fourth-order valence-electron chi connectivity index (χ4n) is 5.20. The molecule has 276 valence electrons. The average molecular weight is 720 g/mol. The highest BCUT2D eigenvalue weighted by molar-refractivity contribution is 5.88. The first-order valence-electron chi connectivity index (χ1n) is 24.3. The molecular formula is C40H54N4O7. The molecule has 2 amide bonds. The van der Waals surface area contributed by atoms with E-state index < -0.39 is 119 Å². The number of nitrogens with one attached hydrogen (secondary N) is 2. The smallest absolute Gasteiger partial charge is 0.407 e. The van der Waals surface area contributed by atoms with Gasteiger partial charge in [0.2, 0.25) is 5.91 Å². The number of ketones is 1. The van der Waals surface area contributed by atoms with Gasteiger partial charge >= 0.3 is 12.1 Å². The molecule has 51 heavy (non-hydrogen) atoms. The maximum Gasteiger partial charge on any atom is 0.407 e. The second-order valence-electron chi connectivity index (χ2n) is 12.4. The molecular weight excluding hydrogens is 648 g/mol. The number of aliphatic hydroxyl groups excluding tert-OH is 1. The maximum absolute atomic E-state index is 14.6. The molecule has 0 aliphatic heterocycles. The number of ether oxygens (including phenoxy) is 2. The molecule has 0 radical (unpaired) electrons. The van der Waals surface area contributed by atoms with Gasteiger partial charge in [-0.3, -0.25) is 24.8 Å². The molecule has 3 N–H and O–H groups in total. The van der Waals surface area contributed by atoms with Gasteiger partial charge in [-0.1, -0.05) is 102 Å². The van der Waals surface area contributed by atoms with Gasteiger partial charge in [-0.15, -0.1) is 0 Å². The number of hydrogen-bond donors (Lipinski definition) is 3. The Labute approximate surface area is 326 Å². The summed E-state index contributed by atoms with van der Waals surface area (Å²) in [7, 11) is -2.55. The summed E-state index contributed by atoms with van der Waals surface area (Å²) < 4.78 is 148. The fraction of sp³-hybridized carbons (Fsp3) is 0.475. The number of benzene rings is 2. The lowest BCUT2D eigenvalue weighted by Gasteiger charge is -2.35. The Morgan fingerprint density at radius 3 is 2.20 bits per heavy atom. The normalized spacial score (nSPS) is 20.6. The molecule has 0 bridgehead atoms. The number of methoxy groups -OCH3 is 2. The van der Waals surface area contributed by atoms with Gasteiger partial charge in [0, 0.05) is 47.7 Å². The summed E-state index contributed by atoms with van der Waals surface area (Å²) in [6.45, 7) is -16.8. The van der Waals surface area contributed by atoms with Crippen LogP contribution in [0.2, 0.25) is 0 Å². The van der Waals surface area contributed by atoms with Crippen LogP contribution in [0.5, 0.6) is 0 Å². The standard InChI is InChI=1S/C40H54N4O7/c1-39(2,3)31(24-35(47)50-7)37(48)43-44(25-28-17-19-29(20-18-28)32-16-12-13-21-41-32)26-34(46)30(22-27-14-10-9-11-15-27)23-33(45)36(40(4,5)6)42-38(49)51-8/h9-21,30-31,34,36,46H,22-26H2,1-8H3,(H,42,49)(H,43,48)/t30-,31-,34+,36-/m1/s1/i1D3,2D3,4D3,5D3,7D3,25D2. The van der Waals surface area contributed by atoms with Crippen LogP contribution >= 0.6 is 0 Å². The van der Waals surface area contributed by atoms with Crippen molar-refractivity contribution in [2.75, 3.05) is 20.7 Å². The third-order valence-corrected chi connectivity index (χ3v) is 7.92. The lowest BCUT2D eigenvalue weighted by molar-refractivity contribution is -0.148. The van der Waals surface area contributed by atoms with E-state index in [0.29, 0.717) is 28.8 Å². The molecule has 3 aromatic rings. The van der Waals surface area contributed by atoms with Crippen molar-refractivity contribution in [1.82, 2.24) is 20.7 Å². The third kappa shape index (κ3) is 12.9. The Kier molecular flexibility index (Phi) is 8.14. The van der Waals surface area contributed by atoms with Crippen molar-refractivity contribution in [3.63, 3.8) is 0 Å². The molecule has 1 heterocycles. The summed E-state index contributed by atoms with van der Waals surface area (Å²) in [5.41, 5.74) is -2.85. The van der Waals surface area contributed by atoms with Gasteiger partial charge in [0.1, 0.15) is 0 Å². The number of hydrazine groups is 1. The highest BCUT2D eigenvalue weighted by Crippen LogP contribution is 2.30. The van der Waals surface area contributed by atoms with Gasteiger partial charge in [-0.05, 0) is 46.4 Å². The number of amides is 2. The predicted molar refractivity (Wildman–Crippen MR) is 196 cm³/mol. The monoisotopic (exact) mass is 720 g/mol. The fourth-order valence-corrected chi connectivity index (χ4v) is 5.20. The number of esters is 1. The average Bonchev–Trinajstić information content (AvgIpc) is 3.21. The zero-order chi connectivity index (χ0) is 52.1. The van der Waals surface area contributed by atoms with Crippen LogP contribution in [0.1, 0.15) is 88.5 Å². The minimum absolute atomic E-state index is 0.249. The minimum atomic E-state index is -3.60. The number of hydrogen-bond acceptors (Lipinski definition) is 9. The molecule has 0 spiro atoms. The van der Waals surface area contributed by atoms with Gasteiger partial charge < -0.3 is 19.9 Å². The van der Waals surface area contributed by atoms with Crippen molar-refractivity contribution in [3.8, 4) is 11.3 Å². The molecule has 0 aliphatic rings. The molecule has 0 saturated heterocycles. The predicted octanol–water partition coefficient (Wildman–Crippen LogP) is 5.76.